The van der Waals surface area contributed by atoms with Gasteiger partial charge in [-0.25, -0.2) is 0 Å². The monoisotopic (exact) mass is 290 g/mol. The van der Waals surface area contributed by atoms with Crippen LogP contribution in [0.2, 0.25) is 0 Å². The second-order valence-corrected chi connectivity index (χ2v) is 7.18. The number of hydrogen-bond acceptors (Lipinski definition) is 4. The first kappa shape index (κ1) is 16.2. The van der Waals surface area contributed by atoms with Gasteiger partial charge in [-0.3, -0.25) is 9.88 Å². The maximum atomic E-state index is 4.35. The van der Waals surface area contributed by atoms with E-state index in [1.54, 1.807) is 0 Å². The number of piperazine rings is 1. The fourth-order valence-electron chi connectivity index (χ4n) is 2.79. The number of aromatic nitrogens is 1. The molecule has 4 heteroatoms. The molecule has 0 atom stereocenters. The third kappa shape index (κ3) is 4.17. The molecule has 1 N–H and O–H groups in total. The standard InChI is InChI=1S/C17H30N4/c1-14(2)10-19-11-15-6-7-18-12-16(15)21-9-8-20(5)17(3,4)13-21/h6-7,12,14,19H,8-11,13H2,1-5H3. The average molecular weight is 290 g/mol. The lowest BCUT2D eigenvalue weighted by Crippen LogP contribution is -2.57. The lowest BCUT2D eigenvalue weighted by molar-refractivity contribution is 0.138. The van der Waals surface area contributed by atoms with Crippen molar-refractivity contribution in [2.24, 2.45) is 5.92 Å². The van der Waals surface area contributed by atoms with E-state index < -0.39 is 0 Å². The molecular weight excluding hydrogens is 260 g/mol. The summed E-state index contributed by atoms with van der Waals surface area (Å²) in [5.74, 6) is 0.679. The van der Waals surface area contributed by atoms with E-state index in [4.69, 9.17) is 0 Å². The van der Waals surface area contributed by atoms with Crippen LogP contribution in [0.1, 0.15) is 33.3 Å². The molecule has 0 radical (unpaired) electrons. The lowest BCUT2D eigenvalue weighted by atomic mass is 9.99. The third-order valence-electron chi connectivity index (χ3n) is 4.41. The molecule has 1 fully saturated rings. The summed E-state index contributed by atoms with van der Waals surface area (Å²) >= 11 is 0. The van der Waals surface area contributed by atoms with Gasteiger partial charge in [0.2, 0.25) is 0 Å². The van der Waals surface area contributed by atoms with Gasteiger partial charge in [0.1, 0.15) is 0 Å². The Morgan fingerprint density at radius 1 is 1.33 bits per heavy atom. The highest BCUT2D eigenvalue weighted by Gasteiger charge is 2.31. The van der Waals surface area contributed by atoms with Crippen LogP contribution in [-0.4, -0.2) is 48.6 Å². The molecule has 0 aliphatic carbocycles. The van der Waals surface area contributed by atoms with Crippen LogP contribution in [0.25, 0.3) is 0 Å². The number of pyridine rings is 1. The smallest absolute Gasteiger partial charge is 0.0599 e. The van der Waals surface area contributed by atoms with Crippen molar-refractivity contribution in [3.05, 3.63) is 24.0 Å². The Bertz CT molecular complexity index is 456. The number of nitrogens with one attached hydrogen (secondary N) is 1. The van der Waals surface area contributed by atoms with E-state index in [-0.39, 0.29) is 5.54 Å². The van der Waals surface area contributed by atoms with Gasteiger partial charge in [-0.2, -0.15) is 0 Å². The Kier molecular flexibility index (Phi) is 5.22. The Hall–Kier alpha value is -1.13. The van der Waals surface area contributed by atoms with Crippen molar-refractivity contribution in [3.8, 4) is 0 Å². The van der Waals surface area contributed by atoms with Crippen molar-refractivity contribution >= 4 is 5.69 Å². The predicted molar refractivity (Wildman–Crippen MR) is 89.7 cm³/mol. The molecule has 0 amide bonds. The normalized spacial score (nSPS) is 19.2. The lowest BCUT2D eigenvalue weighted by Gasteiger charge is -2.46. The first-order valence-corrected chi connectivity index (χ1v) is 8.00. The largest absolute Gasteiger partial charge is 0.367 e. The van der Waals surface area contributed by atoms with Gasteiger partial charge in [0.25, 0.3) is 0 Å². The van der Waals surface area contributed by atoms with E-state index in [9.17, 15) is 0 Å². The molecule has 4 nitrogen and oxygen atoms in total. The quantitative estimate of drug-likeness (QED) is 0.902. The van der Waals surface area contributed by atoms with Crippen molar-refractivity contribution in [1.82, 2.24) is 15.2 Å². The Balaban J connectivity index is 2.09. The molecule has 1 saturated heterocycles. The molecular formula is C17H30N4. The van der Waals surface area contributed by atoms with Gasteiger partial charge in [-0.15, -0.1) is 0 Å². The highest BCUT2D eigenvalue weighted by Crippen LogP contribution is 2.26. The average Bonchev–Trinajstić information content (AvgIpc) is 2.42. The molecule has 0 unspecified atom stereocenters. The zero-order valence-electron chi connectivity index (χ0n) is 14.2. The molecule has 2 rings (SSSR count). The fraction of sp³-hybridized carbons (Fsp3) is 0.706. The van der Waals surface area contributed by atoms with E-state index >= 15 is 0 Å². The summed E-state index contributed by atoms with van der Waals surface area (Å²) < 4.78 is 0. The van der Waals surface area contributed by atoms with Gasteiger partial charge < -0.3 is 10.2 Å². The maximum absolute atomic E-state index is 4.35. The van der Waals surface area contributed by atoms with Crippen molar-refractivity contribution in [1.29, 1.82) is 0 Å². The minimum absolute atomic E-state index is 0.205. The molecule has 0 spiro atoms. The zero-order valence-corrected chi connectivity index (χ0v) is 14.2. The fourth-order valence-corrected chi connectivity index (χ4v) is 2.79. The zero-order chi connectivity index (χ0) is 15.5. The summed E-state index contributed by atoms with van der Waals surface area (Å²) in [6.45, 7) is 14.3. The van der Waals surface area contributed by atoms with Gasteiger partial charge in [-0.05, 0) is 45.0 Å². The van der Waals surface area contributed by atoms with Crippen molar-refractivity contribution in [3.63, 3.8) is 0 Å². The van der Waals surface area contributed by atoms with Crippen LogP contribution < -0.4 is 10.2 Å². The Morgan fingerprint density at radius 2 is 2.10 bits per heavy atom. The molecule has 0 saturated carbocycles. The van der Waals surface area contributed by atoms with E-state index in [0.717, 1.165) is 32.7 Å². The van der Waals surface area contributed by atoms with Gasteiger partial charge in [0.05, 0.1) is 11.9 Å². The van der Waals surface area contributed by atoms with Gasteiger partial charge >= 0.3 is 0 Å². The first-order chi connectivity index (χ1) is 9.90. The molecule has 1 aliphatic rings. The van der Waals surface area contributed by atoms with Crippen LogP contribution in [0.5, 0.6) is 0 Å². The van der Waals surface area contributed by atoms with Crippen LogP contribution in [0.4, 0.5) is 5.69 Å². The predicted octanol–water partition coefficient (Wildman–Crippen LogP) is 2.36. The van der Waals surface area contributed by atoms with E-state index in [1.807, 2.05) is 12.4 Å². The van der Waals surface area contributed by atoms with Crippen LogP contribution in [0, 0.1) is 5.92 Å². The molecule has 1 aliphatic heterocycles. The van der Waals surface area contributed by atoms with Crippen LogP contribution in [0.3, 0.4) is 0 Å². The molecule has 0 aromatic carbocycles. The number of rotatable bonds is 5. The number of anilines is 1. The molecule has 1 aromatic heterocycles. The summed E-state index contributed by atoms with van der Waals surface area (Å²) in [6, 6.07) is 2.15. The number of hydrogen-bond donors (Lipinski definition) is 1. The van der Waals surface area contributed by atoms with Crippen molar-refractivity contribution in [2.75, 3.05) is 38.1 Å². The van der Waals surface area contributed by atoms with Crippen LogP contribution in [0.15, 0.2) is 18.5 Å². The first-order valence-electron chi connectivity index (χ1n) is 8.00. The Labute approximate surface area is 129 Å². The summed E-state index contributed by atoms with van der Waals surface area (Å²) in [5.41, 5.74) is 2.84. The highest BCUT2D eigenvalue weighted by atomic mass is 15.3. The Morgan fingerprint density at radius 3 is 2.76 bits per heavy atom. The highest BCUT2D eigenvalue weighted by molar-refractivity contribution is 5.52. The second-order valence-electron chi connectivity index (χ2n) is 7.18. The summed E-state index contributed by atoms with van der Waals surface area (Å²) in [5, 5.41) is 3.55. The van der Waals surface area contributed by atoms with Crippen molar-refractivity contribution < 1.29 is 0 Å². The molecule has 21 heavy (non-hydrogen) atoms. The topological polar surface area (TPSA) is 31.4 Å². The van der Waals surface area contributed by atoms with Crippen molar-refractivity contribution in [2.45, 2.75) is 39.8 Å². The van der Waals surface area contributed by atoms with E-state index in [0.29, 0.717) is 5.92 Å². The van der Waals surface area contributed by atoms with Gasteiger partial charge in [0.15, 0.2) is 0 Å². The minimum Gasteiger partial charge on any atom is -0.367 e. The summed E-state index contributed by atoms with van der Waals surface area (Å²) in [6.07, 6.45) is 3.92. The molecule has 1 aromatic rings. The molecule has 118 valence electrons. The molecule has 2 heterocycles. The molecule has 0 bridgehead atoms. The summed E-state index contributed by atoms with van der Waals surface area (Å²) in [7, 11) is 2.21. The van der Waals surface area contributed by atoms with Gasteiger partial charge in [0, 0.05) is 37.9 Å². The second kappa shape index (κ2) is 6.75. The SMILES string of the molecule is CC(C)CNCc1ccncc1N1CCN(C)C(C)(C)C1. The minimum atomic E-state index is 0.205. The summed E-state index contributed by atoms with van der Waals surface area (Å²) in [4.78, 5) is 9.27. The van der Waals surface area contributed by atoms with Crippen LogP contribution in [-0.2, 0) is 6.54 Å². The maximum Gasteiger partial charge on any atom is 0.0599 e. The van der Waals surface area contributed by atoms with E-state index in [2.05, 4.69) is 60.9 Å². The number of nitrogens with zero attached hydrogens (tertiary/aromatic N) is 3. The van der Waals surface area contributed by atoms with E-state index in [1.165, 1.54) is 11.3 Å². The number of likely N-dealkylation sites (N-methyl/N-ethyl adjacent to an activating group) is 1. The third-order valence-corrected chi connectivity index (χ3v) is 4.41. The van der Waals surface area contributed by atoms with Gasteiger partial charge in [-0.1, -0.05) is 13.8 Å². The van der Waals surface area contributed by atoms with Crippen LogP contribution >= 0.6 is 0 Å².